The van der Waals surface area contributed by atoms with Crippen LogP contribution in [0.25, 0.3) is 0 Å². The Labute approximate surface area is 136 Å². The topological polar surface area (TPSA) is 77.5 Å². The van der Waals surface area contributed by atoms with Crippen LogP contribution in [-0.2, 0) is 16.4 Å². The number of rotatable bonds is 7. The molecule has 0 aliphatic heterocycles. The second-order valence-electron chi connectivity index (χ2n) is 4.89. The third-order valence-corrected chi connectivity index (χ3v) is 4.57. The van der Waals surface area contributed by atoms with Crippen LogP contribution >= 0.6 is 0 Å². The Hall–Kier alpha value is -2.28. The van der Waals surface area contributed by atoms with Gasteiger partial charge in [0.25, 0.3) is 10.0 Å². The van der Waals surface area contributed by atoms with Crippen molar-refractivity contribution in [1.82, 2.24) is 4.98 Å². The summed E-state index contributed by atoms with van der Waals surface area (Å²) in [6, 6.07) is 9.70. The van der Waals surface area contributed by atoms with E-state index in [9.17, 15) is 8.42 Å². The van der Waals surface area contributed by atoms with E-state index in [0.29, 0.717) is 17.3 Å². The number of nitrogens with zero attached hydrogens (tertiary/aromatic N) is 1. The van der Waals surface area contributed by atoms with Crippen molar-refractivity contribution in [2.75, 3.05) is 18.9 Å². The van der Waals surface area contributed by atoms with Gasteiger partial charge in [0.05, 0.1) is 19.1 Å². The number of sulfonamides is 1. The van der Waals surface area contributed by atoms with Gasteiger partial charge in [-0.05, 0) is 30.7 Å². The fourth-order valence-electron chi connectivity index (χ4n) is 2.11. The molecule has 0 spiro atoms. The lowest BCUT2D eigenvalue weighted by atomic mass is 10.2. The first-order valence-corrected chi connectivity index (χ1v) is 8.69. The van der Waals surface area contributed by atoms with Crippen LogP contribution in [0.4, 0.5) is 5.82 Å². The van der Waals surface area contributed by atoms with Crippen LogP contribution in [0.5, 0.6) is 11.5 Å². The average molecular weight is 336 g/mol. The molecule has 0 aliphatic rings. The van der Waals surface area contributed by atoms with Crippen LogP contribution in [0.3, 0.4) is 0 Å². The lowest BCUT2D eigenvalue weighted by Gasteiger charge is -2.11. The van der Waals surface area contributed by atoms with Gasteiger partial charge < -0.3 is 9.47 Å². The van der Waals surface area contributed by atoms with E-state index in [1.165, 1.54) is 26.4 Å². The highest BCUT2D eigenvalue weighted by Crippen LogP contribution is 2.30. The van der Waals surface area contributed by atoms with Gasteiger partial charge in [0.15, 0.2) is 11.5 Å². The highest BCUT2D eigenvalue weighted by molar-refractivity contribution is 7.92. The van der Waals surface area contributed by atoms with Crippen LogP contribution in [0, 0.1) is 0 Å². The standard InChI is InChI=1S/C16H20N2O4S/c1-4-6-12-7-5-8-16(17-12)18-23(19,20)13-9-10-14(21-2)15(11-13)22-3/h5,7-11H,4,6H2,1-3H3,(H,17,18). The van der Waals surface area contributed by atoms with E-state index in [1.54, 1.807) is 18.2 Å². The number of nitrogens with one attached hydrogen (secondary N) is 1. The first-order valence-electron chi connectivity index (χ1n) is 7.21. The molecule has 6 nitrogen and oxygen atoms in total. The van der Waals surface area contributed by atoms with Crippen LogP contribution in [-0.4, -0.2) is 27.6 Å². The summed E-state index contributed by atoms with van der Waals surface area (Å²) in [7, 11) is -0.801. The monoisotopic (exact) mass is 336 g/mol. The molecule has 0 saturated carbocycles. The third kappa shape index (κ3) is 4.13. The van der Waals surface area contributed by atoms with Gasteiger partial charge in [-0.3, -0.25) is 4.72 Å². The summed E-state index contributed by atoms with van der Waals surface area (Å²) in [6.07, 6.45) is 1.74. The second-order valence-corrected chi connectivity index (χ2v) is 6.57. The molecule has 0 aliphatic carbocycles. The van der Waals surface area contributed by atoms with E-state index in [-0.39, 0.29) is 4.90 Å². The lowest BCUT2D eigenvalue weighted by Crippen LogP contribution is -2.14. The number of aromatic nitrogens is 1. The molecule has 7 heteroatoms. The van der Waals surface area contributed by atoms with Gasteiger partial charge in [-0.25, -0.2) is 13.4 Å². The summed E-state index contributed by atoms with van der Waals surface area (Å²) < 4.78 is 37.7. The van der Waals surface area contributed by atoms with Crippen molar-refractivity contribution in [2.45, 2.75) is 24.7 Å². The Balaban J connectivity index is 2.30. The minimum Gasteiger partial charge on any atom is -0.493 e. The predicted molar refractivity (Wildman–Crippen MR) is 88.6 cm³/mol. The molecule has 1 aromatic carbocycles. The normalized spacial score (nSPS) is 11.1. The van der Waals surface area contributed by atoms with Gasteiger partial charge in [-0.2, -0.15) is 0 Å². The molecule has 1 aromatic heterocycles. The lowest BCUT2D eigenvalue weighted by molar-refractivity contribution is 0.354. The molecule has 1 N–H and O–H groups in total. The molecule has 0 atom stereocenters. The molecule has 23 heavy (non-hydrogen) atoms. The van der Waals surface area contributed by atoms with Gasteiger partial charge in [0, 0.05) is 11.8 Å². The van der Waals surface area contributed by atoms with Gasteiger partial charge >= 0.3 is 0 Å². The van der Waals surface area contributed by atoms with Crippen LogP contribution in [0.1, 0.15) is 19.0 Å². The summed E-state index contributed by atoms with van der Waals surface area (Å²) in [6.45, 7) is 2.04. The largest absolute Gasteiger partial charge is 0.493 e. The van der Waals surface area contributed by atoms with Crippen molar-refractivity contribution >= 4 is 15.8 Å². The summed E-state index contributed by atoms with van der Waals surface area (Å²) in [4.78, 5) is 4.38. The first-order chi connectivity index (χ1) is 11.0. The second kappa shape index (κ2) is 7.32. The minimum atomic E-state index is -3.75. The van der Waals surface area contributed by atoms with E-state index in [2.05, 4.69) is 9.71 Å². The Kier molecular flexibility index (Phi) is 5.44. The smallest absolute Gasteiger partial charge is 0.263 e. The molecular formula is C16H20N2O4S. The number of hydrogen-bond acceptors (Lipinski definition) is 5. The van der Waals surface area contributed by atoms with Crippen molar-refractivity contribution in [3.8, 4) is 11.5 Å². The Morgan fingerprint density at radius 1 is 1.09 bits per heavy atom. The highest BCUT2D eigenvalue weighted by Gasteiger charge is 2.17. The van der Waals surface area contributed by atoms with E-state index in [1.807, 2.05) is 13.0 Å². The molecule has 2 aromatic rings. The maximum atomic E-state index is 12.5. The van der Waals surface area contributed by atoms with E-state index in [0.717, 1.165) is 18.5 Å². The van der Waals surface area contributed by atoms with E-state index in [4.69, 9.17) is 9.47 Å². The number of ether oxygens (including phenoxy) is 2. The number of aryl methyl sites for hydroxylation is 1. The maximum Gasteiger partial charge on any atom is 0.263 e. The van der Waals surface area contributed by atoms with Crippen molar-refractivity contribution in [2.24, 2.45) is 0 Å². The molecule has 0 saturated heterocycles. The number of hydrogen-bond donors (Lipinski definition) is 1. The number of anilines is 1. The zero-order valence-electron chi connectivity index (χ0n) is 13.4. The first kappa shape index (κ1) is 17.1. The van der Waals surface area contributed by atoms with Crippen molar-refractivity contribution in [3.05, 3.63) is 42.1 Å². The number of pyridine rings is 1. The predicted octanol–water partition coefficient (Wildman–Crippen LogP) is 2.85. The van der Waals surface area contributed by atoms with Gasteiger partial charge in [-0.1, -0.05) is 19.4 Å². The van der Waals surface area contributed by atoms with Crippen molar-refractivity contribution in [3.63, 3.8) is 0 Å². The van der Waals surface area contributed by atoms with Gasteiger partial charge in [0.2, 0.25) is 0 Å². The van der Waals surface area contributed by atoms with Gasteiger partial charge in [0.1, 0.15) is 5.82 Å². The van der Waals surface area contributed by atoms with E-state index < -0.39 is 10.0 Å². The highest BCUT2D eigenvalue weighted by atomic mass is 32.2. The fourth-order valence-corrected chi connectivity index (χ4v) is 3.13. The molecule has 124 valence electrons. The van der Waals surface area contributed by atoms with E-state index >= 15 is 0 Å². The summed E-state index contributed by atoms with van der Waals surface area (Å²) in [5.74, 6) is 1.11. The van der Waals surface area contributed by atoms with Crippen LogP contribution < -0.4 is 14.2 Å². The molecule has 0 radical (unpaired) electrons. The van der Waals surface area contributed by atoms with Crippen molar-refractivity contribution in [1.29, 1.82) is 0 Å². The SMILES string of the molecule is CCCc1cccc(NS(=O)(=O)c2ccc(OC)c(OC)c2)n1. The molecular weight excluding hydrogens is 316 g/mol. The Morgan fingerprint density at radius 2 is 1.83 bits per heavy atom. The molecule has 0 amide bonds. The Bertz CT molecular complexity index is 775. The Morgan fingerprint density at radius 3 is 2.48 bits per heavy atom. The molecule has 0 fully saturated rings. The quantitative estimate of drug-likeness (QED) is 0.841. The zero-order chi connectivity index (χ0) is 16.9. The van der Waals surface area contributed by atoms with Crippen LogP contribution in [0.15, 0.2) is 41.3 Å². The van der Waals surface area contributed by atoms with Gasteiger partial charge in [-0.15, -0.1) is 0 Å². The molecule has 0 bridgehead atoms. The summed E-state index contributed by atoms with van der Waals surface area (Å²) in [5.41, 5.74) is 0.847. The fraction of sp³-hybridized carbons (Fsp3) is 0.312. The summed E-state index contributed by atoms with van der Waals surface area (Å²) in [5, 5.41) is 0. The molecule has 2 rings (SSSR count). The zero-order valence-corrected chi connectivity index (χ0v) is 14.2. The minimum absolute atomic E-state index is 0.0813. The maximum absolute atomic E-state index is 12.5. The van der Waals surface area contributed by atoms with Crippen molar-refractivity contribution < 1.29 is 17.9 Å². The molecule has 1 heterocycles. The average Bonchev–Trinajstić information content (AvgIpc) is 2.54. The number of benzene rings is 1. The van der Waals surface area contributed by atoms with Crippen LogP contribution in [0.2, 0.25) is 0 Å². The summed E-state index contributed by atoms with van der Waals surface area (Å²) >= 11 is 0. The number of methoxy groups -OCH3 is 2. The third-order valence-electron chi connectivity index (χ3n) is 3.22. The molecule has 0 unspecified atom stereocenters.